The van der Waals surface area contributed by atoms with E-state index < -0.39 is 0 Å². The van der Waals surface area contributed by atoms with Crippen molar-refractivity contribution < 1.29 is 4.92 Å². The Hall–Kier alpha value is -2.94. The fourth-order valence-electron chi connectivity index (χ4n) is 2.72. The Kier molecular flexibility index (Phi) is 4.48. The summed E-state index contributed by atoms with van der Waals surface area (Å²) in [4.78, 5) is 11.3. The van der Waals surface area contributed by atoms with Crippen molar-refractivity contribution >= 4 is 5.69 Å². The lowest BCUT2D eigenvalue weighted by molar-refractivity contribution is -0.386. The summed E-state index contributed by atoms with van der Waals surface area (Å²) in [6.07, 6.45) is 1.08. The van der Waals surface area contributed by atoms with Gasteiger partial charge in [0.2, 0.25) is 0 Å². The van der Waals surface area contributed by atoms with Crippen LogP contribution in [0.2, 0.25) is 0 Å². The van der Waals surface area contributed by atoms with Gasteiger partial charge in [-0.1, -0.05) is 60.7 Å². The highest BCUT2D eigenvalue weighted by Crippen LogP contribution is 2.28. The van der Waals surface area contributed by atoms with Crippen LogP contribution in [0.15, 0.2) is 72.8 Å². The number of rotatable bonds is 5. The number of nitro benzene ring substituents is 1. The SMILES string of the molecule is O=[N+]([O-])c1c(Cc2ccccc2)c[c]cc1Cc1ccccc1. The van der Waals surface area contributed by atoms with Crippen molar-refractivity contribution in [1.82, 2.24) is 0 Å². The quantitative estimate of drug-likeness (QED) is 0.511. The highest BCUT2D eigenvalue weighted by atomic mass is 16.6. The minimum absolute atomic E-state index is 0.205. The Morgan fingerprint density at radius 3 is 1.61 bits per heavy atom. The summed E-state index contributed by atoms with van der Waals surface area (Å²) in [5.41, 5.74) is 3.72. The minimum atomic E-state index is -0.273. The number of nitro groups is 1. The molecule has 0 atom stereocenters. The number of nitrogens with zero attached hydrogens (tertiary/aromatic N) is 1. The van der Waals surface area contributed by atoms with Gasteiger partial charge in [0.15, 0.2) is 0 Å². The lowest BCUT2D eigenvalue weighted by atomic mass is 9.96. The summed E-state index contributed by atoms with van der Waals surface area (Å²) in [5, 5.41) is 11.6. The fraction of sp³-hybridized carbons (Fsp3) is 0.100. The van der Waals surface area contributed by atoms with Crippen LogP contribution in [-0.4, -0.2) is 4.92 Å². The second-order valence-electron chi connectivity index (χ2n) is 5.44. The van der Waals surface area contributed by atoms with Crippen LogP contribution in [0.1, 0.15) is 22.3 Å². The van der Waals surface area contributed by atoms with Crippen molar-refractivity contribution in [1.29, 1.82) is 0 Å². The third-order valence-corrected chi connectivity index (χ3v) is 3.78. The first-order valence-corrected chi connectivity index (χ1v) is 7.48. The van der Waals surface area contributed by atoms with E-state index in [0.717, 1.165) is 11.1 Å². The molecule has 0 spiro atoms. The summed E-state index contributed by atoms with van der Waals surface area (Å²) >= 11 is 0. The molecule has 0 saturated carbocycles. The van der Waals surface area contributed by atoms with Gasteiger partial charge in [-0.25, -0.2) is 0 Å². The zero-order valence-corrected chi connectivity index (χ0v) is 12.6. The van der Waals surface area contributed by atoms with E-state index in [-0.39, 0.29) is 10.6 Å². The zero-order chi connectivity index (χ0) is 16.1. The molecule has 1 radical (unpaired) electrons. The monoisotopic (exact) mass is 302 g/mol. The van der Waals surface area contributed by atoms with Gasteiger partial charge >= 0.3 is 0 Å². The van der Waals surface area contributed by atoms with Crippen molar-refractivity contribution in [3.05, 3.63) is 111 Å². The molecule has 0 aliphatic rings. The smallest absolute Gasteiger partial charge is 0.258 e. The van der Waals surface area contributed by atoms with Gasteiger partial charge in [0.1, 0.15) is 0 Å². The van der Waals surface area contributed by atoms with E-state index in [1.165, 1.54) is 0 Å². The summed E-state index contributed by atoms with van der Waals surface area (Å²) in [5.74, 6) is 0. The van der Waals surface area contributed by atoms with Crippen LogP contribution in [0.4, 0.5) is 5.69 Å². The molecule has 0 aliphatic carbocycles. The Morgan fingerprint density at radius 2 is 1.22 bits per heavy atom. The highest BCUT2D eigenvalue weighted by molar-refractivity contribution is 5.51. The molecule has 113 valence electrons. The molecule has 3 nitrogen and oxygen atoms in total. The second kappa shape index (κ2) is 6.88. The van der Waals surface area contributed by atoms with E-state index in [4.69, 9.17) is 0 Å². The predicted octanol–water partition coefficient (Wildman–Crippen LogP) is 4.58. The molecular weight excluding hydrogens is 286 g/mol. The van der Waals surface area contributed by atoms with E-state index in [1.54, 1.807) is 12.1 Å². The average Bonchev–Trinajstić information content (AvgIpc) is 2.56. The Morgan fingerprint density at radius 1 is 0.783 bits per heavy atom. The largest absolute Gasteiger partial charge is 0.276 e. The van der Waals surface area contributed by atoms with Crippen molar-refractivity contribution in [2.45, 2.75) is 12.8 Å². The van der Waals surface area contributed by atoms with Crippen LogP contribution in [0.5, 0.6) is 0 Å². The maximum atomic E-state index is 11.6. The third kappa shape index (κ3) is 3.64. The van der Waals surface area contributed by atoms with Gasteiger partial charge in [-0.05, 0) is 29.3 Å². The number of hydrogen-bond donors (Lipinski definition) is 0. The lowest BCUT2D eigenvalue weighted by Gasteiger charge is -2.08. The van der Waals surface area contributed by atoms with E-state index in [1.807, 2.05) is 60.7 Å². The second-order valence-corrected chi connectivity index (χ2v) is 5.44. The highest BCUT2D eigenvalue weighted by Gasteiger charge is 2.19. The van der Waals surface area contributed by atoms with Crippen LogP contribution >= 0.6 is 0 Å². The van der Waals surface area contributed by atoms with Gasteiger partial charge in [0.25, 0.3) is 5.69 Å². The molecule has 0 bridgehead atoms. The standard InChI is InChI=1S/C20H16NO2/c22-21(23)20-18(14-16-8-3-1-4-9-16)12-7-13-19(20)15-17-10-5-2-6-11-17/h1-6,8-13H,14-15H2. The summed E-state index contributed by atoms with van der Waals surface area (Å²) in [7, 11) is 0. The molecule has 3 aromatic rings. The molecule has 0 saturated heterocycles. The average molecular weight is 302 g/mol. The Bertz CT molecular complexity index is 739. The maximum absolute atomic E-state index is 11.6. The number of benzene rings is 3. The fourth-order valence-corrected chi connectivity index (χ4v) is 2.72. The zero-order valence-electron chi connectivity index (χ0n) is 12.6. The summed E-state index contributed by atoms with van der Waals surface area (Å²) < 4.78 is 0. The molecule has 23 heavy (non-hydrogen) atoms. The lowest BCUT2D eigenvalue weighted by Crippen LogP contribution is -2.02. The normalized spacial score (nSPS) is 10.4. The Labute approximate surface area is 135 Å². The van der Waals surface area contributed by atoms with Gasteiger partial charge in [-0.15, -0.1) is 0 Å². The van der Waals surface area contributed by atoms with Crippen LogP contribution in [0, 0.1) is 16.2 Å². The summed E-state index contributed by atoms with van der Waals surface area (Å²) in [6, 6.07) is 26.1. The van der Waals surface area contributed by atoms with Crippen molar-refractivity contribution in [3.63, 3.8) is 0 Å². The first kappa shape index (κ1) is 15.0. The molecule has 3 aromatic carbocycles. The first-order valence-electron chi connectivity index (χ1n) is 7.48. The van der Waals surface area contributed by atoms with Gasteiger partial charge in [0, 0.05) is 24.0 Å². The van der Waals surface area contributed by atoms with Crippen LogP contribution in [0.3, 0.4) is 0 Å². The first-order chi connectivity index (χ1) is 11.2. The van der Waals surface area contributed by atoms with E-state index in [2.05, 4.69) is 6.07 Å². The van der Waals surface area contributed by atoms with Crippen LogP contribution in [-0.2, 0) is 12.8 Å². The Balaban J connectivity index is 1.97. The molecule has 3 rings (SSSR count). The maximum Gasteiger partial charge on any atom is 0.276 e. The van der Waals surface area contributed by atoms with E-state index in [9.17, 15) is 10.1 Å². The van der Waals surface area contributed by atoms with Crippen molar-refractivity contribution in [2.75, 3.05) is 0 Å². The van der Waals surface area contributed by atoms with Crippen molar-refractivity contribution in [3.8, 4) is 0 Å². The molecule has 3 heteroatoms. The van der Waals surface area contributed by atoms with Gasteiger partial charge < -0.3 is 0 Å². The van der Waals surface area contributed by atoms with E-state index in [0.29, 0.717) is 24.0 Å². The van der Waals surface area contributed by atoms with Crippen molar-refractivity contribution in [2.24, 2.45) is 0 Å². The molecular formula is C20H16NO2. The van der Waals surface area contributed by atoms with Crippen LogP contribution < -0.4 is 0 Å². The summed E-state index contributed by atoms with van der Waals surface area (Å²) in [6.45, 7) is 0. The molecule has 0 heterocycles. The molecule has 0 aliphatic heterocycles. The molecule has 0 fully saturated rings. The van der Waals surface area contributed by atoms with Gasteiger partial charge in [-0.2, -0.15) is 0 Å². The molecule has 0 unspecified atom stereocenters. The molecule has 0 aromatic heterocycles. The number of hydrogen-bond acceptors (Lipinski definition) is 2. The molecule has 0 amide bonds. The predicted molar refractivity (Wildman–Crippen MR) is 90.4 cm³/mol. The topological polar surface area (TPSA) is 43.1 Å². The minimum Gasteiger partial charge on any atom is -0.258 e. The van der Waals surface area contributed by atoms with Gasteiger partial charge in [0.05, 0.1) is 4.92 Å². The van der Waals surface area contributed by atoms with E-state index >= 15 is 0 Å². The van der Waals surface area contributed by atoms with Crippen LogP contribution in [0.25, 0.3) is 0 Å². The third-order valence-electron chi connectivity index (χ3n) is 3.78. The molecule has 0 N–H and O–H groups in total. The van der Waals surface area contributed by atoms with Gasteiger partial charge in [-0.3, -0.25) is 10.1 Å².